The smallest absolute Gasteiger partial charge is 0.114 e. The van der Waals surface area contributed by atoms with Gasteiger partial charge in [0.1, 0.15) is 18.3 Å². The molecule has 0 aromatic heterocycles. The van der Waals surface area contributed by atoms with Gasteiger partial charge in [0.05, 0.1) is 19.8 Å². The highest BCUT2D eigenvalue weighted by molar-refractivity contribution is 4.85. The number of aliphatic hydroxyl groups excluding tert-OH is 1. The van der Waals surface area contributed by atoms with Crippen LogP contribution in [0.3, 0.4) is 0 Å². The maximum atomic E-state index is 10.2. The van der Waals surface area contributed by atoms with E-state index in [-0.39, 0.29) is 12.2 Å². The number of unbranched alkanes of at least 4 members (excludes halogenated alkanes) is 2. The summed E-state index contributed by atoms with van der Waals surface area (Å²) in [4.78, 5) is 0. The van der Waals surface area contributed by atoms with Crippen molar-refractivity contribution in [2.24, 2.45) is 11.8 Å². The minimum absolute atomic E-state index is 0.137. The van der Waals surface area contributed by atoms with Crippen molar-refractivity contribution >= 4 is 0 Å². The van der Waals surface area contributed by atoms with E-state index in [4.69, 9.17) is 14.2 Å². The van der Waals surface area contributed by atoms with E-state index in [0.717, 1.165) is 19.4 Å². The first kappa shape index (κ1) is 22.9. The largest absolute Gasteiger partial charge is 0.388 e. The molecular formula is C21H42O4. The first-order valence-corrected chi connectivity index (χ1v) is 10.6. The lowest BCUT2D eigenvalue weighted by Crippen LogP contribution is -2.37. The minimum Gasteiger partial charge on any atom is -0.388 e. The van der Waals surface area contributed by atoms with Crippen LogP contribution in [0.5, 0.6) is 0 Å². The van der Waals surface area contributed by atoms with Gasteiger partial charge >= 0.3 is 0 Å². The van der Waals surface area contributed by atoms with Crippen molar-refractivity contribution in [1.82, 2.24) is 0 Å². The summed E-state index contributed by atoms with van der Waals surface area (Å²) < 4.78 is 17.7. The molecule has 0 aromatic carbocycles. The highest BCUT2D eigenvalue weighted by Gasteiger charge is 2.37. The summed E-state index contributed by atoms with van der Waals surface area (Å²) in [6, 6.07) is 0. The fourth-order valence-electron chi connectivity index (χ4n) is 3.42. The predicted octanol–water partition coefficient (Wildman–Crippen LogP) is 4.58. The lowest BCUT2D eigenvalue weighted by atomic mass is 10.00. The molecule has 150 valence electrons. The zero-order valence-electron chi connectivity index (χ0n) is 17.0. The molecule has 1 fully saturated rings. The Morgan fingerprint density at radius 1 is 0.960 bits per heavy atom. The van der Waals surface area contributed by atoms with Crippen LogP contribution in [-0.2, 0) is 14.2 Å². The van der Waals surface area contributed by atoms with E-state index in [1.165, 1.54) is 38.5 Å². The zero-order valence-corrected chi connectivity index (χ0v) is 17.0. The van der Waals surface area contributed by atoms with Crippen molar-refractivity contribution in [3.05, 3.63) is 0 Å². The van der Waals surface area contributed by atoms with Gasteiger partial charge in [-0.2, -0.15) is 0 Å². The van der Waals surface area contributed by atoms with Crippen molar-refractivity contribution in [2.45, 2.75) is 97.4 Å². The van der Waals surface area contributed by atoms with Crippen molar-refractivity contribution in [3.8, 4) is 0 Å². The normalized spacial score (nSPS) is 26.0. The second-order valence-corrected chi connectivity index (χ2v) is 7.61. The molecule has 0 radical (unpaired) electrons. The first-order valence-electron chi connectivity index (χ1n) is 10.6. The molecule has 0 aliphatic carbocycles. The maximum absolute atomic E-state index is 10.2. The van der Waals surface area contributed by atoms with Crippen LogP contribution in [0.2, 0.25) is 0 Å². The Labute approximate surface area is 155 Å². The third kappa shape index (κ3) is 8.85. The summed E-state index contributed by atoms with van der Waals surface area (Å²) in [5.74, 6) is 1.21. The Morgan fingerprint density at radius 3 is 2.12 bits per heavy atom. The molecule has 1 heterocycles. The predicted molar refractivity (Wildman–Crippen MR) is 103 cm³/mol. The zero-order chi connectivity index (χ0) is 18.5. The Hall–Kier alpha value is -0.160. The fourth-order valence-corrected chi connectivity index (χ4v) is 3.42. The van der Waals surface area contributed by atoms with Crippen LogP contribution in [0.1, 0.15) is 79.1 Å². The molecule has 5 atom stereocenters. The molecule has 0 saturated carbocycles. The number of hydrogen-bond donors (Lipinski definition) is 1. The molecule has 0 aromatic rings. The van der Waals surface area contributed by atoms with Crippen LogP contribution < -0.4 is 0 Å². The minimum atomic E-state index is -0.528. The highest BCUT2D eigenvalue weighted by atomic mass is 16.6. The SMILES string of the molecule is CCCCC(CC)COC[C@@H]1OC[C@@H](O)[C@@H]1OCC(CC)CCCC. The molecule has 0 spiro atoms. The van der Waals surface area contributed by atoms with Crippen LogP contribution in [0.15, 0.2) is 0 Å². The van der Waals surface area contributed by atoms with E-state index in [0.29, 0.717) is 31.7 Å². The van der Waals surface area contributed by atoms with Gasteiger partial charge in [-0.15, -0.1) is 0 Å². The molecule has 4 heteroatoms. The Kier molecular flexibility index (Phi) is 12.8. The van der Waals surface area contributed by atoms with Gasteiger partial charge < -0.3 is 19.3 Å². The topological polar surface area (TPSA) is 47.9 Å². The van der Waals surface area contributed by atoms with E-state index >= 15 is 0 Å². The Bertz CT molecular complexity index is 310. The van der Waals surface area contributed by atoms with Gasteiger partial charge in [0, 0.05) is 6.61 Å². The highest BCUT2D eigenvalue weighted by Crippen LogP contribution is 2.22. The summed E-state index contributed by atoms with van der Waals surface area (Å²) in [5.41, 5.74) is 0. The number of ether oxygens (including phenoxy) is 3. The maximum Gasteiger partial charge on any atom is 0.114 e. The van der Waals surface area contributed by atoms with Gasteiger partial charge in [0.2, 0.25) is 0 Å². The molecule has 1 aliphatic rings. The van der Waals surface area contributed by atoms with Gasteiger partial charge in [0.25, 0.3) is 0 Å². The molecule has 1 saturated heterocycles. The monoisotopic (exact) mass is 358 g/mol. The van der Waals surface area contributed by atoms with Crippen molar-refractivity contribution in [3.63, 3.8) is 0 Å². The van der Waals surface area contributed by atoms with Crippen LogP contribution in [0, 0.1) is 11.8 Å². The number of rotatable bonds is 15. The molecular weight excluding hydrogens is 316 g/mol. The molecule has 0 bridgehead atoms. The van der Waals surface area contributed by atoms with E-state index in [2.05, 4.69) is 27.7 Å². The molecule has 4 nitrogen and oxygen atoms in total. The fraction of sp³-hybridized carbons (Fsp3) is 1.00. The average Bonchev–Trinajstić information content (AvgIpc) is 2.98. The van der Waals surface area contributed by atoms with Crippen molar-refractivity contribution in [1.29, 1.82) is 0 Å². The average molecular weight is 359 g/mol. The molecule has 1 aliphatic heterocycles. The van der Waals surface area contributed by atoms with Crippen LogP contribution in [0.4, 0.5) is 0 Å². The lowest BCUT2D eigenvalue weighted by molar-refractivity contribution is -0.0782. The quantitative estimate of drug-likeness (QED) is 0.465. The standard InChI is InChI=1S/C21H42O4/c1-5-9-11-17(7-3)13-23-16-20-21(19(22)15-24-20)25-14-18(8-4)12-10-6-2/h17-22H,5-16H2,1-4H3/t17?,18?,19-,20+,21+/m1/s1. The second kappa shape index (κ2) is 14.0. The third-order valence-electron chi connectivity index (χ3n) is 5.47. The summed E-state index contributed by atoms with van der Waals surface area (Å²) in [6.45, 7) is 11.3. The van der Waals surface area contributed by atoms with E-state index in [1.54, 1.807) is 0 Å². The summed E-state index contributed by atoms with van der Waals surface area (Å²) >= 11 is 0. The Balaban J connectivity index is 2.34. The van der Waals surface area contributed by atoms with E-state index in [9.17, 15) is 5.11 Å². The van der Waals surface area contributed by atoms with E-state index in [1.807, 2.05) is 0 Å². The molecule has 25 heavy (non-hydrogen) atoms. The van der Waals surface area contributed by atoms with Gasteiger partial charge in [-0.3, -0.25) is 0 Å². The number of aliphatic hydroxyl groups is 1. The van der Waals surface area contributed by atoms with Gasteiger partial charge in [-0.05, 0) is 24.7 Å². The number of hydrogen-bond acceptors (Lipinski definition) is 4. The molecule has 2 unspecified atom stereocenters. The summed E-state index contributed by atoms with van der Waals surface area (Å²) in [5, 5.41) is 10.2. The van der Waals surface area contributed by atoms with Crippen molar-refractivity contribution < 1.29 is 19.3 Å². The summed E-state index contributed by atoms with van der Waals surface area (Å²) in [7, 11) is 0. The van der Waals surface area contributed by atoms with Crippen LogP contribution >= 0.6 is 0 Å². The molecule has 1 rings (SSSR count). The van der Waals surface area contributed by atoms with Gasteiger partial charge in [-0.1, -0.05) is 66.2 Å². The first-order chi connectivity index (χ1) is 12.2. The van der Waals surface area contributed by atoms with Crippen LogP contribution in [0.25, 0.3) is 0 Å². The van der Waals surface area contributed by atoms with Gasteiger partial charge in [0.15, 0.2) is 0 Å². The van der Waals surface area contributed by atoms with Gasteiger partial charge in [-0.25, -0.2) is 0 Å². The van der Waals surface area contributed by atoms with Crippen molar-refractivity contribution in [2.75, 3.05) is 26.4 Å². The summed E-state index contributed by atoms with van der Waals surface area (Å²) in [6.07, 6.45) is 8.78. The second-order valence-electron chi connectivity index (χ2n) is 7.61. The Morgan fingerprint density at radius 2 is 1.56 bits per heavy atom. The molecule has 1 N–H and O–H groups in total. The molecule has 0 amide bonds. The lowest BCUT2D eigenvalue weighted by Gasteiger charge is -2.24. The van der Waals surface area contributed by atoms with E-state index < -0.39 is 6.10 Å². The van der Waals surface area contributed by atoms with Crippen LogP contribution in [-0.4, -0.2) is 49.8 Å². The third-order valence-corrected chi connectivity index (χ3v) is 5.47.